The van der Waals surface area contributed by atoms with Crippen LogP contribution in [0, 0.1) is 5.41 Å². The molecular weight excluding hydrogens is 258 g/mol. The lowest BCUT2D eigenvalue weighted by molar-refractivity contribution is -0.148. The van der Waals surface area contributed by atoms with Crippen molar-refractivity contribution in [2.24, 2.45) is 5.41 Å². The summed E-state index contributed by atoms with van der Waals surface area (Å²) in [5.41, 5.74) is -0.728. The van der Waals surface area contributed by atoms with Gasteiger partial charge in [0.2, 0.25) is 0 Å². The second-order valence-corrected chi connectivity index (χ2v) is 6.93. The summed E-state index contributed by atoms with van der Waals surface area (Å²) in [7, 11) is 0. The van der Waals surface area contributed by atoms with E-state index in [9.17, 15) is 14.7 Å². The molecule has 2 amide bonds. The Bertz CT molecular complexity index is 470. The quantitative estimate of drug-likeness (QED) is 0.771. The summed E-state index contributed by atoms with van der Waals surface area (Å²) in [4.78, 5) is 28.2. The van der Waals surface area contributed by atoms with Gasteiger partial charge < -0.3 is 20.2 Å². The van der Waals surface area contributed by atoms with Crippen molar-refractivity contribution in [2.75, 3.05) is 26.2 Å². The highest BCUT2D eigenvalue weighted by atomic mass is 16.4. The lowest BCUT2D eigenvalue weighted by atomic mass is 9.84. The Balaban J connectivity index is 1.60. The van der Waals surface area contributed by atoms with E-state index in [0.29, 0.717) is 6.42 Å². The van der Waals surface area contributed by atoms with Gasteiger partial charge in [-0.1, -0.05) is 0 Å². The largest absolute Gasteiger partial charge is 0.481 e. The van der Waals surface area contributed by atoms with Gasteiger partial charge in [0.15, 0.2) is 0 Å². The summed E-state index contributed by atoms with van der Waals surface area (Å²) in [6, 6.07) is 0.408. The first kappa shape index (κ1) is 12.4. The van der Waals surface area contributed by atoms with Crippen molar-refractivity contribution in [3.63, 3.8) is 0 Å². The van der Waals surface area contributed by atoms with Crippen LogP contribution in [-0.2, 0) is 4.79 Å². The third kappa shape index (κ3) is 1.43. The summed E-state index contributed by atoms with van der Waals surface area (Å²) in [6.45, 7) is 3.27. The maximum Gasteiger partial charge on any atom is 0.320 e. The van der Waals surface area contributed by atoms with Crippen LogP contribution in [0.25, 0.3) is 0 Å². The smallest absolute Gasteiger partial charge is 0.320 e. The number of aliphatic carboxylic acids is 1. The molecule has 0 aromatic rings. The molecule has 2 saturated heterocycles. The Morgan fingerprint density at radius 3 is 2.65 bits per heavy atom. The molecule has 2 heterocycles. The fraction of sp³-hybridized carbons (Fsp3) is 0.857. The minimum atomic E-state index is -0.664. The fourth-order valence-electron chi connectivity index (χ4n) is 4.85. The van der Waals surface area contributed by atoms with Crippen LogP contribution in [0.5, 0.6) is 0 Å². The number of rotatable bonds is 2. The molecule has 2 aliphatic carbocycles. The lowest BCUT2D eigenvalue weighted by Gasteiger charge is -2.36. The highest BCUT2D eigenvalue weighted by Gasteiger charge is 2.63. The average molecular weight is 279 g/mol. The molecule has 2 aliphatic heterocycles. The van der Waals surface area contributed by atoms with E-state index in [-0.39, 0.29) is 17.6 Å². The number of hydrogen-bond donors (Lipinski definition) is 2. The van der Waals surface area contributed by atoms with Crippen LogP contribution in [-0.4, -0.2) is 64.7 Å². The molecule has 0 aromatic carbocycles. The maximum atomic E-state index is 12.7. The molecular formula is C14H21N3O3. The molecule has 1 unspecified atom stereocenters. The standard InChI is InChI=1S/C14H21N3O3/c18-11(19)13-1-3-14(9-13,4-2-13)17-8-10-7-15-5-6-16(10)12(17)20/h10,15H,1-9H2,(H,18,19). The summed E-state index contributed by atoms with van der Waals surface area (Å²) in [5.74, 6) is -0.664. The fourth-order valence-corrected chi connectivity index (χ4v) is 4.85. The Labute approximate surface area is 118 Å². The molecule has 1 atom stereocenters. The van der Waals surface area contributed by atoms with Crippen LogP contribution in [0.1, 0.15) is 32.1 Å². The van der Waals surface area contributed by atoms with Crippen LogP contribution in [0.2, 0.25) is 0 Å². The maximum absolute atomic E-state index is 12.7. The zero-order valence-corrected chi connectivity index (χ0v) is 11.6. The van der Waals surface area contributed by atoms with Gasteiger partial charge in [-0.25, -0.2) is 4.79 Å². The van der Waals surface area contributed by atoms with Gasteiger partial charge in [-0.05, 0) is 32.1 Å². The Kier molecular flexibility index (Phi) is 2.41. The predicted octanol–water partition coefficient (Wildman–Crippen LogP) is 0.483. The molecule has 2 saturated carbocycles. The van der Waals surface area contributed by atoms with Gasteiger partial charge in [-0.3, -0.25) is 4.79 Å². The number of carboxylic acid groups (broad SMARTS) is 1. The predicted molar refractivity (Wildman–Crippen MR) is 71.4 cm³/mol. The topological polar surface area (TPSA) is 72.9 Å². The summed E-state index contributed by atoms with van der Waals surface area (Å²) in [6.07, 6.45) is 3.84. The number of hydrogen-bond acceptors (Lipinski definition) is 3. The van der Waals surface area contributed by atoms with Crippen molar-refractivity contribution < 1.29 is 14.7 Å². The van der Waals surface area contributed by atoms with Gasteiger partial charge in [-0.15, -0.1) is 0 Å². The molecule has 4 fully saturated rings. The van der Waals surface area contributed by atoms with E-state index in [2.05, 4.69) is 5.32 Å². The minimum absolute atomic E-state index is 0.139. The molecule has 20 heavy (non-hydrogen) atoms. The number of carbonyl (C=O) groups excluding carboxylic acids is 1. The molecule has 2 N–H and O–H groups in total. The van der Waals surface area contributed by atoms with Crippen molar-refractivity contribution in [2.45, 2.75) is 43.7 Å². The van der Waals surface area contributed by atoms with E-state index < -0.39 is 11.4 Å². The van der Waals surface area contributed by atoms with Crippen molar-refractivity contribution in [1.82, 2.24) is 15.1 Å². The number of fused-ring (bicyclic) bond motifs is 3. The van der Waals surface area contributed by atoms with Crippen LogP contribution >= 0.6 is 0 Å². The van der Waals surface area contributed by atoms with Crippen LogP contribution in [0.4, 0.5) is 4.79 Å². The van der Waals surface area contributed by atoms with Gasteiger partial charge in [0, 0.05) is 31.7 Å². The van der Waals surface area contributed by atoms with E-state index in [1.165, 1.54) is 0 Å². The minimum Gasteiger partial charge on any atom is -0.481 e. The molecule has 6 nitrogen and oxygen atoms in total. The van der Waals surface area contributed by atoms with Gasteiger partial charge in [0.1, 0.15) is 0 Å². The van der Waals surface area contributed by atoms with E-state index in [4.69, 9.17) is 0 Å². The van der Waals surface area contributed by atoms with E-state index in [1.54, 1.807) is 0 Å². The van der Waals surface area contributed by atoms with Gasteiger partial charge in [0.25, 0.3) is 0 Å². The van der Waals surface area contributed by atoms with Crippen LogP contribution < -0.4 is 5.32 Å². The molecule has 0 radical (unpaired) electrons. The molecule has 2 bridgehead atoms. The van der Waals surface area contributed by atoms with E-state index in [0.717, 1.165) is 51.9 Å². The zero-order chi connectivity index (χ0) is 14.0. The Morgan fingerprint density at radius 1 is 1.30 bits per heavy atom. The Morgan fingerprint density at radius 2 is 2.05 bits per heavy atom. The first-order valence-electron chi connectivity index (χ1n) is 7.59. The highest BCUT2D eigenvalue weighted by molar-refractivity contribution is 5.80. The van der Waals surface area contributed by atoms with E-state index >= 15 is 0 Å². The van der Waals surface area contributed by atoms with Gasteiger partial charge in [0.05, 0.1) is 11.5 Å². The number of urea groups is 1. The zero-order valence-electron chi connectivity index (χ0n) is 11.6. The summed E-state index contributed by atoms with van der Waals surface area (Å²) >= 11 is 0. The second-order valence-electron chi connectivity index (χ2n) is 6.93. The van der Waals surface area contributed by atoms with Crippen molar-refractivity contribution in [1.29, 1.82) is 0 Å². The van der Waals surface area contributed by atoms with Crippen molar-refractivity contribution in [3.05, 3.63) is 0 Å². The highest BCUT2D eigenvalue weighted by Crippen LogP contribution is 2.59. The second kappa shape index (κ2) is 3.87. The number of nitrogens with one attached hydrogen (secondary N) is 1. The SMILES string of the molecule is O=C1N2CCNCC2CN1C12CCC(C(=O)O)(CC1)C2. The first-order chi connectivity index (χ1) is 9.56. The molecule has 4 rings (SSSR count). The van der Waals surface area contributed by atoms with Crippen LogP contribution in [0.15, 0.2) is 0 Å². The third-order valence-electron chi connectivity index (χ3n) is 6.05. The molecule has 4 aliphatic rings. The number of amides is 2. The van der Waals surface area contributed by atoms with Gasteiger partial charge >= 0.3 is 12.0 Å². The lowest BCUT2D eigenvalue weighted by Crippen LogP contribution is -2.50. The number of carboxylic acids is 1. The monoisotopic (exact) mass is 279 g/mol. The number of nitrogens with zero attached hydrogens (tertiary/aromatic N) is 2. The van der Waals surface area contributed by atoms with Gasteiger partial charge in [-0.2, -0.15) is 0 Å². The number of piperazine rings is 1. The van der Waals surface area contributed by atoms with Crippen molar-refractivity contribution in [3.8, 4) is 0 Å². The van der Waals surface area contributed by atoms with E-state index in [1.807, 2.05) is 9.80 Å². The Hall–Kier alpha value is -1.30. The molecule has 0 aromatic heterocycles. The van der Waals surface area contributed by atoms with Crippen LogP contribution in [0.3, 0.4) is 0 Å². The first-order valence-corrected chi connectivity index (χ1v) is 7.59. The number of carbonyl (C=O) groups is 2. The summed E-state index contributed by atoms with van der Waals surface area (Å²) < 4.78 is 0. The molecule has 6 heteroatoms. The normalized spacial score (nSPS) is 43.2. The molecule has 0 spiro atoms. The summed E-state index contributed by atoms with van der Waals surface area (Å²) in [5, 5.41) is 12.8. The third-order valence-corrected chi connectivity index (χ3v) is 6.05. The van der Waals surface area contributed by atoms with Crippen molar-refractivity contribution >= 4 is 12.0 Å². The average Bonchev–Trinajstić information content (AvgIpc) is 3.11. The molecule has 110 valence electrons.